The molecule has 0 atom stereocenters. The third kappa shape index (κ3) is 7.37. The molecule has 2 aliphatic rings. The number of carboxylic acid groups (broad SMARTS) is 1. The van der Waals surface area contributed by atoms with Crippen LogP contribution in [0.1, 0.15) is 88.3 Å². The number of amides is 3. The number of primary amides is 2. The highest BCUT2D eigenvalue weighted by Gasteiger charge is 2.29. The zero-order chi connectivity index (χ0) is 45.2. The van der Waals surface area contributed by atoms with Gasteiger partial charge in [0.25, 0.3) is 11.8 Å². The number of nitrogens with zero attached hydrogens (tertiary/aromatic N) is 5. The fraction of sp³-hybridized carbons (Fsp3) is 0.239. The highest BCUT2D eigenvalue weighted by Crippen LogP contribution is 2.43. The van der Waals surface area contributed by atoms with Gasteiger partial charge >= 0.3 is 5.97 Å². The second kappa shape index (κ2) is 15.7. The molecule has 3 amide bonds. The maximum absolute atomic E-state index is 13.3. The number of nitrogens with two attached hydrogens (primary N) is 2. The van der Waals surface area contributed by atoms with Crippen molar-refractivity contribution in [1.82, 2.24) is 19.2 Å². The molecule has 0 spiro atoms. The summed E-state index contributed by atoms with van der Waals surface area (Å²) in [5, 5.41) is 27.4. The largest absolute Gasteiger partial charge is 0.478 e. The minimum Gasteiger partial charge on any atom is -0.478 e. The monoisotopic (exact) mass is 867 g/mol. The molecular weight excluding hydrogens is 827 g/mol. The summed E-state index contributed by atoms with van der Waals surface area (Å²) in [5.74, 6) is -1.38. The number of nitriles is 1. The van der Waals surface area contributed by atoms with Crippen molar-refractivity contribution in [1.29, 1.82) is 5.26 Å². The number of carboxylic acids is 1. The lowest BCUT2D eigenvalue weighted by molar-refractivity contribution is 0.0691. The maximum atomic E-state index is 13.3. The summed E-state index contributed by atoms with van der Waals surface area (Å²) in [6.45, 7) is 8.10. The lowest BCUT2D eigenvalue weighted by atomic mass is 9.93. The SMILES string of the molecule is Cc1noc(C)c1-c1cc(C(N)=O)c2c(c1)-c1ccc(C(=O)O)cc1C2.Cc1noc(C)c1-c1cc(C(N)=O)c2c(c1)c1ccc(C(=O)N3CCC(C#N)CC3)cc1n2S(C)(=O)=O. The van der Waals surface area contributed by atoms with Gasteiger partial charge in [0.15, 0.2) is 0 Å². The number of likely N-dealkylation sites (tertiary alicyclic amines) is 1. The van der Waals surface area contributed by atoms with Crippen molar-refractivity contribution in [2.45, 2.75) is 47.0 Å². The van der Waals surface area contributed by atoms with Gasteiger partial charge in [-0.1, -0.05) is 22.4 Å². The van der Waals surface area contributed by atoms with Gasteiger partial charge in [0.2, 0.25) is 15.9 Å². The summed E-state index contributed by atoms with van der Waals surface area (Å²) in [6.07, 6.45) is 2.72. The van der Waals surface area contributed by atoms with Crippen LogP contribution in [0.15, 0.2) is 69.7 Å². The molecular formula is C46H41N7O9S. The summed E-state index contributed by atoms with van der Waals surface area (Å²) < 4.78 is 37.7. The van der Waals surface area contributed by atoms with Gasteiger partial charge in [-0.2, -0.15) is 5.26 Å². The first-order valence-corrected chi connectivity index (χ1v) is 21.7. The average molecular weight is 868 g/mol. The molecule has 1 saturated heterocycles. The van der Waals surface area contributed by atoms with Crippen LogP contribution in [0.25, 0.3) is 55.2 Å². The number of hydrogen-bond acceptors (Lipinski definition) is 11. The van der Waals surface area contributed by atoms with Crippen LogP contribution in [0, 0.1) is 44.9 Å². The van der Waals surface area contributed by atoms with Gasteiger partial charge in [0.05, 0.1) is 45.9 Å². The van der Waals surface area contributed by atoms with Gasteiger partial charge in [-0.05, 0) is 129 Å². The molecule has 17 heteroatoms. The van der Waals surface area contributed by atoms with Crippen molar-refractivity contribution in [2.24, 2.45) is 17.4 Å². The number of rotatable bonds is 7. The third-order valence-corrected chi connectivity index (χ3v) is 12.8. The van der Waals surface area contributed by atoms with Crippen molar-refractivity contribution >= 4 is 55.5 Å². The number of benzene rings is 4. The van der Waals surface area contributed by atoms with Gasteiger partial charge in [-0.25, -0.2) is 17.2 Å². The molecule has 7 aromatic rings. The van der Waals surface area contributed by atoms with Crippen LogP contribution in [0.4, 0.5) is 0 Å². The lowest BCUT2D eigenvalue weighted by Gasteiger charge is -2.29. The minimum absolute atomic E-state index is 0.0283. The molecule has 16 nitrogen and oxygen atoms in total. The molecule has 63 heavy (non-hydrogen) atoms. The van der Waals surface area contributed by atoms with E-state index in [0.29, 0.717) is 82.6 Å². The van der Waals surface area contributed by atoms with E-state index in [2.05, 4.69) is 16.4 Å². The van der Waals surface area contributed by atoms with Gasteiger partial charge in [-0.3, -0.25) is 14.4 Å². The molecule has 5 N–H and O–H groups in total. The van der Waals surface area contributed by atoms with Crippen LogP contribution in [-0.2, 0) is 16.4 Å². The van der Waals surface area contributed by atoms with Gasteiger partial charge in [0, 0.05) is 52.0 Å². The van der Waals surface area contributed by atoms with E-state index < -0.39 is 27.8 Å². The topological polar surface area (TPSA) is 259 Å². The van der Waals surface area contributed by atoms with E-state index in [1.807, 2.05) is 19.9 Å². The predicted molar refractivity (Wildman–Crippen MR) is 233 cm³/mol. The van der Waals surface area contributed by atoms with Crippen molar-refractivity contribution in [3.05, 3.63) is 117 Å². The highest BCUT2D eigenvalue weighted by molar-refractivity contribution is 7.89. The predicted octanol–water partition coefficient (Wildman–Crippen LogP) is 6.68. The Bertz CT molecular complexity index is 3230. The number of aromatic nitrogens is 3. The second-order valence-electron chi connectivity index (χ2n) is 15.9. The number of piperidine rings is 1. The Kier molecular flexibility index (Phi) is 10.5. The van der Waals surface area contributed by atoms with Crippen LogP contribution < -0.4 is 11.5 Å². The Morgan fingerprint density at radius 2 is 1.37 bits per heavy atom. The van der Waals surface area contributed by atoms with Crippen molar-refractivity contribution < 1.29 is 41.7 Å². The molecule has 4 heterocycles. The standard InChI is InChI=1S/C26H25N5O5S.C20H16N2O4/c1-14-23(15(2)36-29-14)18-10-20-19-5-4-17(26(33)30-8-6-16(13-27)7-9-30)12-22(19)31(37(3,34)35)24(20)21(11-18)25(28)32;1-9-18(10(2)26-22-9)13-7-15-14-4-3-11(20(24)25)5-12(14)6-16(15)17(8-13)19(21)23/h4-5,10-12,16H,6-9H2,1-3H3,(H2,28,32);3-5,7-8H,6H2,1-2H3,(H2,21,23)(H,24,25). The maximum Gasteiger partial charge on any atom is 0.335 e. The van der Waals surface area contributed by atoms with Crippen LogP contribution in [0.5, 0.6) is 0 Å². The zero-order valence-corrected chi connectivity index (χ0v) is 35.7. The van der Waals surface area contributed by atoms with E-state index in [9.17, 15) is 32.7 Å². The third-order valence-electron chi connectivity index (χ3n) is 11.8. The second-order valence-corrected chi connectivity index (χ2v) is 17.7. The van der Waals surface area contributed by atoms with Crippen molar-refractivity contribution in [3.63, 3.8) is 0 Å². The Morgan fingerprint density at radius 3 is 1.90 bits per heavy atom. The molecule has 0 bridgehead atoms. The molecule has 4 aromatic carbocycles. The van der Waals surface area contributed by atoms with E-state index in [1.165, 1.54) is 6.07 Å². The van der Waals surface area contributed by atoms with E-state index >= 15 is 0 Å². The van der Waals surface area contributed by atoms with Crippen LogP contribution >= 0.6 is 0 Å². The summed E-state index contributed by atoms with van der Waals surface area (Å²) in [7, 11) is -3.91. The number of fused-ring (bicyclic) bond motifs is 6. The summed E-state index contributed by atoms with van der Waals surface area (Å²) >= 11 is 0. The molecule has 1 aliphatic carbocycles. The number of carbonyl (C=O) groups excluding carboxylic acids is 3. The number of hydrogen-bond donors (Lipinski definition) is 3. The smallest absolute Gasteiger partial charge is 0.335 e. The fourth-order valence-electron chi connectivity index (χ4n) is 8.89. The lowest BCUT2D eigenvalue weighted by Crippen LogP contribution is -2.38. The molecule has 1 fully saturated rings. The molecule has 0 radical (unpaired) electrons. The highest BCUT2D eigenvalue weighted by atomic mass is 32.2. The molecule has 9 rings (SSSR count). The quantitative estimate of drug-likeness (QED) is 0.152. The number of aryl methyl sites for hydroxylation is 4. The van der Waals surface area contributed by atoms with Crippen LogP contribution in [-0.4, -0.2) is 75.7 Å². The van der Waals surface area contributed by atoms with E-state index in [-0.39, 0.29) is 34.0 Å². The molecule has 0 saturated carbocycles. The zero-order valence-electron chi connectivity index (χ0n) is 34.9. The Labute approximate surface area is 360 Å². The van der Waals surface area contributed by atoms with Crippen LogP contribution in [0.2, 0.25) is 0 Å². The first-order chi connectivity index (χ1) is 29.9. The van der Waals surface area contributed by atoms with E-state index in [0.717, 1.165) is 49.3 Å². The van der Waals surface area contributed by atoms with Crippen molar-refractivity contribution in [2.75, 3.05) is 19.3 Å². The van der Waals surface area contributed by atoms with Gasteiger partial charge in [0.1, 0.15) is 11.5 Å². The number of aromatic carboxylic acids is 1. The van der Waals surface area contributed by atoms with Gasteiger partial charge < -0.3 is 30.5 Å². The molecule has 320 valence electrons. The molecule has 0 unspecified atom stereocenters. The molecule has 3 aromatic heterocycles. The Hall–Kier alpha value is -7.58. The average Bonchev–Trinajstić information content (AvgIpc) is 3.99. The van der Waals surface area contributed by atoms with E-state index in [4.69, 9.17) is 25.8 Å². The first kappa shape index (κ1) is 42.1. The normalized spacial score (nSPS) is 13.6. The first-order valence-electron chi connectivity index (χ1n) is 19.9. The Morgan fingerprint density at radius 1 is 0.778 bits per heavy atom. The minimum atomic E-state index is -3.91. The van der Waals surface area contributed by atoms with Crippen molar-refractivity contribution in [3.8, 4) is 39.4 Å². The molecule has 1 aliphatic heterocycles. The summed E-state index contributed by atoms with van der Waals surface area (Å²) in [6, 6.07) is 19.2. The summed E-state index contributed by atoms with van der Waals surface area (Å²) in [5.41, 5.74) is 20.6. The number of carbonyl (C=O) groups is 4. The Balaban J connectivity index is 0.000000184. The fourth-order valence-corrected chi connectivity index (χ4v) is 9.93. The van der Waals surface area contributed by atoms with Crippen LogP contribution in [0.3, 0.4) is 0 Å². The van der Waals surface area contributed by atoms with Gasteiger partial charge in [-0.15, -0.1) is 0 Å². The summed E-state index contributed by atoms with van der Waals surface area (Å²) in [4.78, 5) is 50.8. The van der Waals surface area contributed by atoms with E-state index in [1.54, 1.807) is 67.3 Å².